The molecule has 1 aromatic carbocycles. The van der Waals surface area contributed by atoms with Gasteiger partial charge in [0.2, 0.25) is 5.89 Å². The van der Waals surface area contributed by atoms with E-state index in [4.69, 9.17) is 9.15 Å². The molecule has 0 fully saturated rings. The topological polar surface area (TPSA) is 71.7 Å². The normalized spacial score (nSPS) is 12.1. The summed E-state index contributed by atoms with van der Waals surface area (Å²) < 4.78 is 11.0. The van der Waals surface area contributed by atoms with E-state index in [0.29, 0.717) is 12.4 Å². The van der Waals surface area contributed by atoms with Gasteiger partial charge in [0, 0.05) is 19.0 Å². The summed E-state index contributed by atoms with van der Waals surface area (Å²) in [5.41, 5.74) is 1.26. The lowest BCUT2D eigenvalue weighted by molar-refractivity contribution is 0.379. The van der Waals surface area contributed by atoms with Crippen molar-refractivity contribution in [1.82, 2.24) is 15.6 Å². The van der Waals surface area contributed by atoms with Gasteiger partial charge in [-0.25, -0.2) is 4.98 Å². The lowest BCUT2D eigenvalue weighted by Crippen LogP contribution is -2.37. The summed E-state index contributed by atoms with van der Waals surface area (Å²) in [4.78, 5) is 8.55. The largest absolute Gasteiger partial charge is 0.497 e. The predicted octanol–water partition coefficient (Wildman–Crippen LogP) is 3.28. The van der Waals surface area contributed by atoms with Crippen molar-refractivity contribution in [1.29, 1.82) is 0 Å². The Balaban J connectivity index is 1.71. The van der Waals surface area contributed by atoms with Gasteiger partial charge in [-0.3, -0.25) is 4.99 Å². The first-order chi connectivity index (χ1) is 12.4. The summed E-state index contributed by atoms with van der Waals surface area (Å²) in [6.07, 6.45) is 3.81. The summed E-state index contributed by atoms with van der Waals surface area (Å²) >= 11 is 0. The number of rotatable bonds is 7. The molecule has 0 saturated heterocycles. The average molecular weight is 358 g/mol. The third-order valence-corrected chi connectivity index (χ3v) is 4.02. The van der Waals surface area contributed by atoms with Crippen LogP contribution in [0.4, 0.5) is 0 Å². The molecule has 1 aromatic heterocycles. The number of nitrogens with zero attached hydrogens (tertiary/aromatic N) is 2. The zero-order valence-electron chi connectivity index (χ0n) is 16.4. The molecular weight excluding hydrogens is 328 g/mol. The third kappa shape index (κ3) is 6.10. The van der Waals surface area contributed by atoms with E-state index < -0.39 is 0 Å². The zero-order chi connectivity index (χ0) is 19.0. The molecule has 142 valence electrons. The van der Waals surface area contributed by atoms with E-state index in [1.807, 2.05) is 12.1 Å². The van der Waals surface area contributed by atoms with Gasteiger partial charge in [-0.05, 0) is 30.5 Å². The minimum atomic E-state index is -0.0351. The number of methoxy groups -OCH3 is 1. The molecule has 6 nitrogen and oxygen atoms in total. The highest BCUT2D eigenvalue weighted by Crippen LogP contribution is 2.22. The molecule has 0 spiro atoms. The van der Waals surface area contributed by atoms with Crippen LogP contribution < -0.4 is 15.4 Å². The van der Waals surface area contributed by atoms with Gasteiger partial charge in [-0.2, -0.15) is 0 Å². The van der Waals surface area contributed by atoms with Crippen molar-refractivity contribution >= 4 is 5.96 Å². The maximum Gasteiger partial charge on any atom is 0.213 e. The molecule has 2 rings (SSSR count). The Hall–Kier alpha value is -2.50. The molecule has 0 aliphatic heterocycles. The van der Waals surface area contributed by atoms with Crippen LogP contribution in [0.1, 0.15) is 44.4 Å². The van der Waals surface area contributed by atoms with Crippen molar-refractivity contribution < 1.29 is 9.15 Å². The third-order valence-electron chi connectivity index (χ3n) is 4.02. The molecule has 1 heterocycles. The standard InChI is InChI=1S/C20H30N4O2/c1-20(2,3)17-13-23-18(26-17)14-24-19(21-4)22-12-6-7-15-8-10-16(25-5)11-9-15/h8-11,13H,6-7,12,14H2,1-5H3,(H2,21,22,24). The molecule has 0 bridgehead atoms. The van der Waals surface area contributed by atoms with E-state index in [9.17, 15) is 0 Å². The highest BCUT2D eigenvalue weighted by Gasteiger charge is 2.19. The highest BCUT2D eigenvalue weighted by atomic mass is 16.5. The second-order valence-electron chi connectivity index (χ2n) is 7.17. The van der Waals surface area contributed by atoms with Crippen molar-refractivity contribution in [2.24, 2.45) is 4.99 Å². The summed E-state index contributed by atoms with van der Waals surface area (Å²) in [6, 6.07) is 8.18. The Bertz CT molecular complexity index is 699. The fraction of sp³-hybridized carbons (Fsp3) is 0.500. The van der Waals surface area contributed by atoms with Gasteiger partial charge in [-0.1, -0.05) is 32.9 Å². The van der Waals surface area contributed by atoms with Crippen LogP contribution in [-0.2, 0) is 18.4 Å². The maximum atomic E-state index is 5.78. The van der Waals surface area contributed by atoms with Crippen LogP contribution in [0.2, 0.25) is 0 Å². The van der Waals surface area contributed by atoms with Crippen LogP contribution in [-0.4, -0.2) is 31.6 Å². The first-order valence-electron chi connectivity index (χ1n) is 8.95. The lowest BCUT2D eigenvalue weighted by atomic mass is 9.94. The summed E-state index contributed by atoms with van der Waals surface area (Å²) in [5, 5.41) is 6.54. The number of hydrogen-bond acceptors (Lipinski definition) is 4. The summed E-state index contributed by atoms with van der Waals surface area (Å²) in [6.45, 7) is 7.66. The minimum Gasteiger partial charge on any atom is -0.497 e. The average Bonchev–Trinajstić information content (AvgIpc) is 3.11. The van der Waals surface area contributed by atoms with Gasteiger partial charge in [0.1, 0.15) is 11.5 Å². The molecule has 0 radical (unpaired) electrons. The molecule has 0 unspecified atom stereocenters. The number of ether oxygens (including phenoxy) is 1. The molecule has 2 aromatic rings. The first kappa shape index (κ1) is 19.8. The molecular formula is C20H30N4O2. The van der Waals surface area contributed by atoms with Crippen molar-refractivity contribution in [2.75, 3.05) is 20.7 Å². The van der Waals surface area contributed by atoms with Gasteiger partial charge in [0.05, 0.1) is 19.9 Å². The molecule has 26 heavy (non-hydrogen) atoms. The summed E-state index contributed by atoms with van der Waals surface area (Å²) in [7, 11) is 3.44. The molecule has 2 N–H and O–H groups in total. The number of aromatic nitrogens is 1. The van der Waals surface area contributed by atoms with Gasteiger partial charge in [0.15, 0.2) is 5.96 Å². The Labute approximate surface area is 156 Å². The second kappa shape index (κ2) is 9.27. The number of hydrogen-bond donors (Lipinski definition) is 2. The number of aryl methyl sites for hydroxylation is 1. The van der Waals surface area contributed by atoms with Crippen LogP contribution in [0, 0.1) is 0 Å². The molecule has 6 heteroatoms. The van der Waals surface area contributed by atoms with E-state index in [1.54, 1.807) is 20.4 Å². The first-order valence-corrected chi connectivity index (χ1v) is 8.95. The number of oxazole rings is 1. The fourth-order valence-corrected chi connectivity index (χ4v) is 2.41. The van der Waals surface area contributed by atoms with Crippen molar-refractivity contribution in [2.45, 2.75) is 45.6 Å². The number of benzene rings is 1. The van der Waals surface area contributed by atoms with E-state index in [2.05, 4.69) is 53.5 Å². The molecule has 0 atom stereocenters. The monoisotopic (exact) mass is 358 g/mol. The van der Waals surface area contributed by atoms with Crippen LogP contribution >= 0.6 is 0 Å². The van der Waals surface area contributed by atoms with Crippen LogP contribution in [0.25, 0.3) is 0 Å². The molecule has 0 saturated carbocycles. The van der Waals surface area contributed by atoms with Gasteiger partial charge in [0.25, 0.3) is 0 Å². The Morgan fingerprint density at radius 3 is 2.50 bits per heavy atom. The van der Waals surface area contributed by atoms with Gasteiger partial charge >= 0.3 is 0 Å². The smallest absolute Gasteiger partial charge is 0.213 e. The Morgan fingerprint density at radius 2 is 1.92 bits per heavy atom. The van der Waals surface area contributed by atoms with E-state index in [0.717, 1.165) is 36.9 Å². The summed E-state index contributed by atoms with van der Waals surface area (Å²) in [5.74, 6) is 3.18. The fourth-order valence-electron chi connectivity index (χ4n) is 2.41. The van der Waals surface area contributed by atoms with Crippen LogP contribution in [0.15, 0.2) is 39.9 Å². The second-order valence-corrected chi connectivity index (χ2v) is 7.17. The Morgan fingerprint density at radius 1 is 1.19 bits per heavy atom. The highest BCUT2D eigenvalue weighted by molar-refractivity contribution is 5.79. The van der Waals surface area contributed by atoms with Crippen molar-refractivity contribution in [3.05, 3.63) is 47.7 Å². The zero-order valence-corrected chi connectivity index (χ0v) is 16.4. The molecule has 0 amide bonds. The van der Waals surface area contributed by atoms with E-state index in [-0.39, 0.29) is 5.41 Å². The number of nitrogens with one attached hydrogen (secondary N) is 2. The quantitative estimate of drug-likeness (QED) is 0.451. The predicted molar refractivity (Wildman–Crippen MR) is 105 cm³/mol. The molecule has 0 aliphatic carbocycles. The van der Waals surface area contributed by atoms with Crippen molar-refractivity contribution in [3.8, 4) is 5.75 Å². The Kier molecular flexibility index (Phi) is 7.06. The maximum absolute atomic E-state index is 5.78. The molecule has 0 aliphatic rings. The SMILES string of the molecule is CN=C(NCCCc1ccc(OC)cc1)NCc1ncc(C(C)(C)C)o1. The van der Waals surface area contributed by atoms with Gasteiger partial charge in [-0.15, -0.1) is 0 Å². The number of aliphatic imine (C=N–C) groups is 1. The van der Waals surface area contributed by atoms with Crippen molar-refractivity contribution in [3.63, 3.8) is 0 Å². The lowest BCUT2D eigenvalue weighted by Gasteiger charge is -2.13. The van der Waals surface area contributed by atoms with E-state index >= 15 is 0 Å². The number of guanidine groups is 1. The van der Waals surface area contributed by atoms with E-state index in [1.165, 1.54) is 5.56 Å². The minimum absolute atomic E-state index is 0.0351. The van der Waals surface area contributed by atoms with Crippen LogP contribution in [0.5, 0.6) is 5.75 Å². The van der Waals surface area contributed by atoms with Crippen LogP contribution in [0.3, 0.4) is 0 Å². The van der Waals surface area contributed by atoms with Gasteiger partial charge < -0.3 is 19.8 Å².